The number of hydrogen-bond donors (Lipinski definition) is 0. The number of para-hydroxylation sites is 1. The van der Waals surface area contributed by atoms with Crippen molar-refractivity contribution < 1.29 is 13.9 Å². The fourth-order valence-electron chi connectivity index (χ4n) is 3.80. The van der Waals surface area contributed by atoms with E-state index in [1.165, 1.54) is 0 Å². The van der Waals surface area contributed by atoms with Crippen molar-refractivity contribution in [2.45, 2.75) is 13.8 Å². The Balaban J connectivity index is 1.41. The molecular formula is C22H27N5O3. The fourth-order valence-corrected chi connectivity index (χ4v) is 3.80. The number of furan rings is 1. The van der Waals surface area contributed by atoms with Crippen molar-refractivity contribution in [1.82, 2.24) is 15.1 Å². The second-order valence-electron chi connectivity index (χ2n) is 7.19. The number of fused-ring (bicyclic) bond motifs is 1. The highest BCUT2D eigenvalue weighted by Crippen LogP contribution is 2.29. The predicted molar refractivity (Wildman–Crippen MR) is 116 cm³/mol. The summed E-state index contributed by atoms with van der Waals surface area (Å²) in [5.41, 5.74) is 0.602. The minimum absolute atomic E-state index is 0.101. The maximum Gasteiger partial charge on any atom is 0.289 e. The van der Waals surface area contributed by atoms with Gasteiger partial charge in [0.2, 0.25) is 0 Å². The van der Waals surface area contributed by atoms with Crippen molar-refractivity contribution >= 4 is 28.5 Å². The first-order chi connectivity index (χ1) is 14.6. The molecule has 1 aliphatic heterocycles. The van der Waals surface area contributed by atoms with Crippen LogP contribution in [0, 0.1) is 0 Å². The molecule has 0 spiro atoms. The normalized spacial score (nSPS) is 14.2. The van der Waals surface area contributed by atoms with Gasteiger partial charge in [0, 0.05) is 44.7 Å². The quantitative estimate of drug-likeness (QED) is 0.619. The van der Waals surface area contributed by atoms with Crippen LogP contribution >= 0.6 is 0 Å². The Morgan fingerprint density at radius 3 is 2.50 bits per heavy atom. The van der Waals surface area contributed by atoms with Crippen LogP contribution in [0.15, 0.2) is 40.8 Å². The second-order valence-corrected chi connectivity index (χ2v) is 7.19. The van der Waals surface area contributed by atoms with Crippen LogP contribution in [-0.4, -0.2) is 67.4 Å². The van der Waals surface area contributed by atoms with Gasteiger partial charge in [-0.05, 0) is 38.1 Å². The topological polar surface area (TPSA) is 74.9 Å². The molecule has 0 saturated carbocycles. The SMILES string of the molecule is CCN(CC)c1ccc(N2CCN(C(=O)c3cc4cccc(OC)c4o3)CC2)nn1. The van der Waals surface area contributed by atoms with E-state index in [-0.39, 0.29) is 5.91 Å². The minimum atomic E-state index is -0.101. The van der Waals surface area contributed by atoms with Crippen LogP contribution in [-0.2, 0) is 0 Å². The summed E-state index contributed by atoms with van der Waals surface area (Å²) in [6.07, 6.45) is 0. The lowest BCUT2D eigenvalue weighted by Gasteiger charge is -2.34. The first-order valence-corrected chi connectivity index (χ1v) is 10.3. The van der Waals surface area contributed by atoms with Gasteiger partial charge in [-0.1, -0.05) is 12.1 Å². The molecule has 158 valence electrons. The molecule has 0 unspecified atom stereocenters. The number of ether oxygens (including phenoxy) is 1. The summed E-state index contributed by atoms with van der Waals surface area (Å²) < 4.78 is 11.1. The Morgan fingerprint density at radius 2 is 1.87 bits per heavy atom. The maximum absolute atomic E-state index is 12.9. The van der Waals surface area contributed by atoms with Crippen LogP contribution in [0.5, 0.6) is 5.75 Å². The maximum atomic E-state index is 12.9. The van der Waals surface area contributed by atoms with Crippen LogP contribution in [0.4, 0.5) is 11.6 Å². The van der Waals surface area contributed by atoms with Crippen LogP contribution in [0.2, 0.25) is 0 Å². The number of amides is 1. The first-order valence-electron chi connectivity index (χ1n) is 10.3. The van der Waals surface area contributed by atoms with Gasteiger partial charge in [0.1, 0.15) is 0 Å². The molecule has 1 aliphatic rings. The van der Waals surface area contributed by atoms with Gasteiger partial charge in [0.05, 0.1) is 7.11 Å². The highest BCUT2D eigenvalue weighted by molar-refractivity contribution is 5.97. The van der Waals surface area contributed by atoms with Gasteiger partial charge in [0.15, 0.2) is 28.7 Å². The summed E-state index contributed by atoms with van der Waals surface area (Å²) >= 11 is 0. The van der Waals surface area contributed by atoms with Crippen molar-refractivity contribution in [2.24, 2.45) is 0 Å². The van der Waals surface area contributed by atoms with Crippen molar-refractivity contribution in [3.05, 3.63) is 42.2 Å². The number of anilines is 2. The highest BCUT2D eigenvalue weighted by atomic mass is 16.5. The van der Waals surface area contributed by atoms with Crippen LogP contribution in [0.1, 0.15) is 24.4 Å². The van der Waals surface area contributed by atoms with Gasteiger partial charge in [-0.15, -0.1) is 10.2 Å². The molecule has 30 heavy (non-hydrogen) atoms. The number of piperazine rings is 1. The van der Waals surface area contributed by atoms with E-state index in [9.17, 15) is 4.79 Å². The molecule has 1 saturated heterocycles. The van der Waals surface area contributed by atoms with Crippen LogP contribution in [0.25, 0.3) is 11.0 Å². The van der Waals surface area contributed by atoms with E-state index in [1.54, 1.807) is 13.2 Å². The first kappa shape index (κ1) is 20.0. The summed E-state index contributed by atoms with van der Waals surface area (Å²) in [7, 11) is 1.59. The molecule has 0 atom stereocenters. The third kappa shape index (κ3) is 3.77. The minimum Gasteiger partial charge on any atom is -0.493 e. The van der Waals surface area contributed by atoms with E-state index < -0.39 is 0 Å². The molecule has 8 heteroatoms. The third-order valence-corrected chi connectivity index (χ3v) is 5.55. The zero-order chi connectivity index (χ0) is 21.1. The summed E-state index contributed by atoms with van der Waals surface area (Å²) in [6.45, 7) is 8.63. The van der Waals surface area contributed by atoms with Gasteiger partial charge >= 0.3 is 0 Å². The number of rotatable bonds is 6. The number of nitrogens with zero attached hydrogens (tertiary/aromatic N) is 5. The van der Waals surface area contributed by atoms with Gasteiger partial charge in [-0.25, -0.2) is 0 Å². The molecule has 0 N–H and O–H groups in total. The molecular weight excluding hydrogens is 382 g/mol. The molecule has 4 rings (SSSR count). The summed E-state index contributed by atoms with van der Waals surface area (Å²) in [5, 5.41) is 9.62. The van der Waals surface area contributed by atoms with Crippen molar-refractivity contribution in [3.63, 3.8) is 0 Å². The number of aromatic nitrogens is 2. The zero-order valence-corrected chi connectivity index (χ0v) is 17.7. The number of carbonyl (C=O) groups excluding carboxylic acids is 1. The van der Waals surface area contributed by atoms with E-state index >= 15 is 0 Å². The summed E-state index contributed by atoms with van der Waals surface area (Å²) in [5.74, 6) is 2.59. The molecule has 0 radical (unpaired) electrons. The average molecular weight is 409 g/mol. The molecule has 8 nitrogen and oxygen atoms in total. The summed E-state index contributed by atoms with van der Waals surface area (Å²) in [6, 6.07) is 11.4. The largest absolute Gasteiger partial charge is 0.493 e. The van der Waals surface area contributed by atoms with Crippen LogP contribution < -0.4 is 14.5 Å². The lowest BCUT2D eigenvalue weighted by Crippen LogP contribution is -2.49. The Morgan fingerprint density at radius 1 is 1.10 bits per heavy atom. The third-order valence-electron chi connectivity index (χ3n) is 5.55. The highest BCUT2D eigenvalue weighted by Gasteiger charge is 2.26. The number of methoxy groups -OCH3 is 1. The molecule has 1 fully saturated rings. The Hall–Kier alpha value is -3.29. The van der Waals surface area contributed by atoms with E-state index in [0.717, 1.165) is 30.1 Å². The Bertz CT molecular complexity index is 1010. The van der Waals surface area contributed by atoms with Gasteiger partial charge in [-0.2, -0.15) is 0 Å². The summed E-state index contributed by atoms with van der Waals surface area (Å²) in [4.78, 5) is 19.1. The lowest BCUT2D eigenvalue weighted by molar-refractivity contribution is 0.0716. The second kappa shape index (κ2) is 8.61. The smallest absolute Gasteiger partial charge is 0.289 e. The molecule has 0 aliphatic carbocycles. The van der Waals surface area contributed by atoms with E-state index in [2.05, 4.69) is 33.8 Å². The van der Waals surface area contributed by atoms with Gasteiger partial charge in [0.25, 0.3) is 5.91 Å². The standard InChI is InChI=1S/C22H27N5O3/c1-4-25(5-2)19-9-10-20(24-23-19)26-11-13-27(14-12-26)22(28)18-15-16-7-6-8-17(29-3)21(16)30-18/h6-10,15H,4-5,11-14H2,1-3H3. The zero-order valence-electron chi connectivity index (χ0n) is 17.7. The molecule has 0 bridgehead atoms. The Kier molecular flexibility index (Phi) is 5.74. The van der Waals surface area contributed by atoms with Crippen molar-refractivity contribution in [1.29, 1.82) is 0 Å². The number of benzene rings is 1. The molecule has 1 amide bonds. The lowest BCUT2D eigenvalue weighted by atomic mass is 10.2. The van der Waals surface area contributed by atoms with E-state index in [0.29, 0.717) is 43.3 Å². The van der Waals surface area contributed by atoms with E-state index in [4.69, 9.17) is 9.15 Å². The average Bonchev–Trinajstić information content (AvgIpc) is 3.24. The number of hydrogen-bond acceptors (Lipinski definition) is 7. The van der Waals surface area contributed by atoms with Gasteiger partial charge in [-0.3, -0.25) is 4.79 Å². The fraction of sp³-hybridized carbons (Fsp3) is 0.409. The molecule has 2 aromatic heterocycles. The van der Waals surface area contributed by atoms with Crippen molar-refractivity contribution in [3.8, 4) is 5.75 Å². The predicted octanol–water partition coefficient (Wildman–Crippen LogP) is 3.04. The molecule has 3 heterocycles. The number of carbonyl (C=O) groups is 1. The molecule has 1 aromatic carbocycles. The van der Waals surface area contributed by atoms with Gasteiger partial charge < -0.3 is 23.9 Å². The van der Waals surface area contributed by atoms with E-state index in [1.807, 2.05) is 35.2 Å². The Labute approximate surface area is 176 Å². The molecule has 3 aromatic rings. The monoisotopic (exact) mass is 409 g/mol. The van der Waals surface area contributed by atoms with Crippen LogP contribution in [0.3, 0.4) is 0 Å². The van der Waals surface area contributed by atoms with Crippen molar-refractivity contribution in [2.75, 3.05) is 56.2 Å².